The first-order chi connectivity index (χ1) is 13.5. The summed E-state index contributed by atoms with van der Waals surface area (Å²) in [5.74, 6) is 1.90. The Bertz CT molecular complexity index is 826. The third-order valence-electron chi connectivity index (χ3n) is 4.39. The first-order valence-electron chi connectivity index (χ1n) is 9.25. The van der Waals surface area contributed by atoms with E-state index in [9.17, 15) is 9.18 Å². The molecule has 2 aromatic rings. The zero-order valence-electron chi connectivity index (χ0n) is 16.1. The fourth-order valence-corrected chi connectivity index (χ4v) is 2.87. The van der Waals surface area contributed by atoms with E-state index in [1.807, 2.05) is 13.0 Å². The van der Waals surface area contributed by atoms with E-state index in [2.05, 4.69) is 30.8 Å². The van der Waals surface area contributed by atoms with Gasteiger partial charge in [-0.25, -0.2) is 19.2 Å². The standard InChI is InChI=1S/C19H25FN6O2/c1-13-15(20)4-3-5-16(13)25-19(27)22-7-6-21-17-12-18(24-14(2)23-17)26-8-10-28-11-9-26/h3-5,12H,6-11H2,1-2H3,(H,21,23,24)(H2,22,25,27). The van der Waals surface area contributed by atoms with Crippen molar-refractivity contribution in [1.29, 1.82) is 0 Å². The van der Waals surface area contributed by atoms with Crippen molar-refractivity contribution in [2.45, 2.75) is 13.8 Å². The van der Waals surface area contributed by atoms with Crippen LogP contribution in [0.2, 0.25) is 0 Å². The topological polar surface area (TPSA) is 91.4 Å². The van der Waals surface area contributed by atoms with Gasteiger partial charge < -0.3 is 25.6 Å². The van der Waals surface area contributed by atoms with Crippen molar-refractivity contribution in [1.82, 2.24) is 15.3 Å². The summed E-state index contributed by atoms with van der Waals surface area (Å²) in [5.41, 5.74) is 0.856. The third-order valence-corrected chi connectivity index (χ3v) is 4.39. The number of urea groups is 1. The van der Waals surface area contributed by atoms with Gasteiger partial charge in [-0.05, 0) is 26.0 Å². The summed E-state index contributed by atoms with van der Waals surface area (Å²) < 4.78 is 18.9. The number of carbonyl (C=O) groups excluding carboxylic acids is 1. The van der Waals surface area contributed by atoms with Crippen LogP contribution in [0.15, 0.2) is 24.3 Å². The van der Waals surface area contributed by atoms with Gasteiger partial charge in [0.05, 0.1) is 13.2 Å². The van der Waals surface area contributed by atoms with E-state index in [1.165, 1.54) is 6.07 Å². The number of benzene rings is 1. The van der Waals surface area contributed by atoms with Crippen LogP contribution >= 0.6 is 0 Å². The first kappa shape index (κ1) is 19.8. The van der Waals surface area contributed by atoms with Crippen LogP contribution in [0.3, 0.4) is 0 Å². The smallest absolute Gasteiger partial charge is 0.319 e. The highest BCUT2D eigenvalue weighted by molar-refractivity contribution is 5.90. The van der Waals surface area contributed by atoms with Crippen molar-refractivity contribution in [2.24, 2.45) is 0 Å². The molecule has 0 saturated carbocycles. The molecule has 0 atom stereocenters. The van der Waals surface area contributed by atoms with Gasteiger partial charge in [0, 0.05) is 43.5 Å². The van der Waals surface area contributed by atoms with Gasteiger partial charge in [0.2, 0.25) is 0 Å². The van der Waals surface area contributed by atoms with E-state index in [1.54, 1.807) is 19.1 Å². The minimum absolute atomic E-state index is 0.352. The average Bonchev–Trinajstić information content (AvgIpc) is 2.69. The van der Waals surface area contributed by atoms with Crippen LogP contribution in [0.5, 0.6) is 0 Å². The Hall–Kier alpha value is -2.94. The number of hydrogen-bond donors (Lipinski definition) is 3. The van der Waals surface area contributed by atoms with Gasteiger partial charge in [0.1, 0.15) is 23.3 Å². The van der Waals surface area contributed by atoms with Crippen molar-refractivity contribution in [2.75, 3.05) is 54.9 Å². The van der Waals surface area contributed by atoms with Crippen molar-refractivity contribution in [3.05, 3.63) is 41.5 Å². The monoisotopic (exact) mass is 388 g/mol. The second-order valence-electron chi connectivity index (χ2n) is 6.48. The van der Waals surface area contributed by atoms with E-state index in [0.717, 1.165) is 18.9 Å². The Morgan fingerprint density at radius 1 is 1.21 bits per heavy atom. The number of aromatic nitrogens is 2. The minimum Gasteiger partial charge on any atom is -0.378 e. The van der Waals surface area contributed by atoms with Gasteiger partial charge in [-0.15, -0.1) is 0 Å². The number of rotatable bonds is 6. The molecule has 2 amide bonds. The Morgan fingerprint density at radius 3 is 2.79 bits per heavy atom. The van der Waals surface area contributed by atoms with Gasteiger partial charge in [0.15, 0.2) is 0 Å². The molecule has 1 saturated heterocycles. The molecule has 0 unspecified atom stereocenters. The summed E-state index contributed by atoms with van der Waals surface area (Å²) in [6.45, 7) is 7.34. The lowest BCUT2D eigenvalue weighted by atomic mass is 10.2. The lowest BCUT2D eigenvalue weighted by Gasteiger charge is -2.28. The summed E-state index contributed by atoms with van der Waals surface area (Å²) in [7, 11) is 0. The quantitative estimate of drug-likeness (QED) is 0.658. The lowest BCUT2D eigenvalue weighted by Crippen LogP contribution is -2.37. The van der Waals surface area contributed by atoms with E-state index < -0.39 is 0 Å². The summed E-state index contributed by atoms with van der Waals surface area (Å²) >= 11 is 0. The second-order valence-corrected chi connectivity index (χ2v) is 6.48. The van der Waals surface area contributed by atoms with Crippen LogP contribution in [-0.4, -0.2) is 55.4 Å². The lowest BCUT2D eigenvalue weighted by molar-refractivity contribution is 0.122. The van der Waals surface area contributed by atoms with Crippen LogP contribution in [0.4, 0.5) is 26.5 Å². The van der Waals surface area contributed by atoms with Gasteiger partial charge in [-0.2, -0.15) is 0 Å². The number of nitrogens with one attached hydrogen (secondary N) is 3. The number of amides is 2. The molecule has 1 fully saturated rings. The van der Waals surface area contributed by atoms with Crippen molar-refractivity contribution in [3.63, 3.8) is 0 Å². The largest absolute Gasteiger partial charge is 0.378 e. The number of nitrogens with zero attached hydrogens (tertiary/aromatic N) is 3. The van der Waals surface area contributed by atoms with Crippen molar-refractivity contribution in [3.8, 4) is 0 Å². The van der Waals surface area contributed by atoms with E-state index in [0.29, 0.717) is 49.2 Å². The number of carbonyl (C=O) groups is 1. The Labute approximate surface area is 163 Å². The van der Waals surface area contributed by atoms with Crippen LogP contribution < -0.4 is 20.9 Å². The van der Waals surface area contributed by atoms with Crippen molar-refractivity contribution < 1.29 is 13.9 Å². The van der Waals surface area contributed by atoms with Crippen LogP contribution in [0.1, 0.15) is 11.4 Å². The highest BCUT2D eigenvalue weighted by Gasteiger charge is 2.14. The predicted octanol–water partition coefficient (Wildman–Crippen LogP) is 2.30. The maximum Gasteiger partial charge on any atom is 0.319 e. The van der Waals surface area contributed by atoms with Crippen LogP contribution in [0, 0.1) is 19.7 Å². The molecule has 3 N–H and O–H groups in total. The molecular weight excluding hydrogens is 363 g/mol. The SMILES string of the molecule is Cc1nc(NCCNC(=O)Nc2cccc(F)c2C)cc(N2CCOCC2)n1. The Morgan fingerprint density at radius 2 is 2.00 bits per heavy atom. The molecule has 9 heteroatoms. The molecule has 0 aliphatic carbocycles. The molecule has 28 heavy (non-hydrogen) atoms. The Kier molecular flexibility index (Phi) is 6.59. The number of morpholine rings is 1. The molecule has 1 aromatic heterocycles. The third kappa shape index (κ3) is 5.29. The zero-order valence-corrected chi connectivity index (χ0v) is 16.1. The van der Waals surface area contributed by atoms with Gasteiger partial charge in [-0.1, -0.05) is 6.07 Å². The summed E-state index contributed by atoms with van der Waals surface area (Å²) in [4.78, 5) is 23.0. The maximum atomic E-state index is 13.5. The minimum atomic E-state index is -0.386. The zero-order chi connectivity index (χ0) is 19.9. The number of anilines is 3. The normalized spacial score (nSPS) is 13.9. The molecule has 0 spiro atoms. The fraction of sp³-hybridized carbons (Fsp3) is 0.421. The van der Waals surface area contributed by atoms with E-state index in [-0.39, 0.29) is 11.8 Å². The van der Waals surface area contributed by atoms with E-state index in [4.69, 9.17) is 4.74 Å². The molecule has 150 valence electrons. The first-order valence-corrected chi connectivity index (χ1v) is 9.25. The summed E-state index contributed by atoms with van der Waals surface area (Å²) in [6, 6.07) is 6.09. The number of hydrogen-bond acceptors (Lipinski definition) is 6. The summed E-state index contributed by atoms with van der Waals surface area (Å²) in [6.07, 6.45) is 0. The van der Waals surface area contributed by atoms with E-state index >= 15 is 0 Å². The highest BCUT2D eigenvalue weighted by Crippen LogP contribution is 2.18. The molecule has 2 heterocycles. The average molecular weight is 388 g/mol. The maximum absolute atomic E-state index is 13.5. The van der Waals surface area contributed by atoms with Gasteiger partial charge in [0.25, 0.3) is 0 Å². The molecule has 8 nitrogen and oxygen atoms in total. The number of halogens is 1. The summed E-state index contributed by atoms with van der Waals surface area (Å²) in [5, 5.41) is 8.58. The molecular formula is C19H25FN6O2. The molecule has 1 aromatic carbocycles. The number of aryl methyl sites for hydroxylation is 1. The Balaban J connectivity index is 1.47. The molecule has 1 aliphatic heterocycles. The fourth-order valence-electron chi connectivity index (χ4n) is 2.87. The molecule has 3 rings (SSSR count). The van der Waals surface area contributed by atoms with Gasteiger partial charge >= 0.3 is 6.03 Å². The second kappa shape index (κ2) is 9.32. The van der Waals surface area contributed by atoms with Crippen LogP contribution in [-0.2, 0) is 4.74 Å². The van der Waals surface area contributed by atoms with Crippen LogP contribution in [0.25, 0.3) is 0 Å². The van der Waals surface area contributed by atoms with Crippen molar-refractivity contribution >= 4 is 23.4 Å². The molecule has 0 bridgehead atoms. The molecule has 1 aliphatic rings. The molecule has 0 radical (unpaired) electrons. The number of ether oxygens (including phenoxy) is 1. The van der Waals surface area contributed by atoms with Gasteiger partial charge in [-0.3, -0.25) is 0 Å². The predicted molar refractivity (Wildman–Crippen MR) is 106 cm³/mol. The highest BCUT2D eigenvalue weighted by atomic mass is 19.1.